The normalized spacial score (nSPS) is 29.5. The summed E-state index contributed by atoms with van der Waals surface area (Å²) in [5.74, 6) is 0.859. The highest BCUT2D eigenvalue weighted by Gasteiger charge is 2.56. The molecule has 4 heterocycles. The number of hydrogen-bond acceptors (Lipinski definition) is 8. The minimum atomic E-state index is -0.909. The van der Waals surface area contributed by atoms with E-state index in [1.165, 1.54) is 6.33 Å². The van der Waals surface area contributed by atoms with Gasteiger partial charge in [0, 0.05) is 29.6 Å². The summed E-state index contributed by atoms with van der Waals surface area (Å²) in [6, 6.07) is 9.72. The summed E-state index contributed by atoms with van der Waals surface area (Å²) in [6.45, 7) is 0.608. The molecule has 0 amide bonds. The lowest BCUT2D eigenvalue weighted by atomic mass is 9.80. The Morgan fingerprint density at radius 1 is 1.09 bits per heavy atom. The summed E-state index contributed by atoms with van der Waals surface area (Å²) < 4.78 is 2.70. The monoisotopic (exact) mass is 509 g/mol. The van der Waals surface area contributed by atoms with Crippen LogP contribution in [0.25, 0.3) is 21.9 Å². The molecule has 170 valence electrons. The molecule has 2 aliphatic rings. The van der Waals surface area contributed by atoms with E-state index in [1.54, 1.807) is 0 Å². The molecule has 6 rings (SSSR count). The second-order valence-electron chi connectivity index (χ2n) is 9.23. The van der Waals surface area contributed by atoms with E-state index >= 15 is 0 Å². The molecule has 1 saturated carbocycles. The summed E-state index contributed by atoms with van der Waals surface area (Å²) >= 11 is 3.43. The zero-order valence-electron chi connectivity index (χ0n) is 17.7. The number of aliphatic hydroxyl groups is 2. The van der Waals surface area contributed by atoms with Gasteiger partial charge in [0.15, 0.2) is 0 Å². The van der Waals surface area contributed by atoms with E-state index in [9.17, 15) is 10.2 Å². The van der Waals surface area contributed by atoms with Crippen molar-refractivity contribution in [2.24, 2.45) is 5.41 Å². The van der Waals surface area contributed by atoms with Crippen molar-refractivity contribution >= 4 is 49.5 Å². The maximum absolute atomic E-state index is 11.2. The van der Waals surface area contributed by atoms with Crippen molar-refractivity contribution in [1.82, 2.24) is 24.8 Å². The predicted octanol–water partition coefficient (Wildman–Crippen LogP) is 2.29. The van der Waals surface area contributed by atoms with Crippen LogP contribution in [0, 0.1) is 5.41 Å². The Morgan fingerprint density at radius 2 is 1.94 bits per heavy atom. The van der Waals surface area contributed by atoms with E-state index in [0.717, 1.165) is 26.3 Å². The lowest BCUT2D eigenvalue weighted by molar-refractivity contribution is -0.0218. The molecular weight excluding hydrogens is 486 g/mol. The van der Waals surface area contributed by atoms with Crippen molar-refractivity contribution < 1.29 is 10.2 Å². The molecule has 0 radical (unpaired) electrons. The van der Waals surface area contributed by atoms with E-state index in [4.69, 9.17) is 11.5 Å². The molecule has 1 saturated heterocycles. The molecule has 1 aromatic carbocycles. The van der Waals surface area contributed by atoms with Crippen LogP contribution in [-0.2, 0) is 0 Å². The van der Waals surface area contributed by atoms with Crippen molar-refractivity contribution in [3.63, 3.8) is 0 Å². The Bertz CT molecular complexity index is 1390. The first kappa shape index (κ1) is 20.8. The van der Waals surface area contributed by atoms with Crippen LogP contribution in [0.3, 0.4) is 0 Å². The number of aliphatic hydroxyl groups excluding tert-OH is 2. The van der Waals surface area contributed by atoms with Crippen LogP contribution in [0.1, 0.15) is 30.5 Å². The van der Waals surface area contributed by atoms with Crippen LogP contribution in [-0.4, -0.2) is 48.5 Å². The molecule has 7 N–H and O–H groups in total. The van der Waals surface area contributed by atoms with Crippen LogP contribution in [0.5, 0.6) is 0 Å². The Morgan fingerprint density at radius 3 is 2.79 bits per heavy atom. The summed E-state index contributed by atoms with van der Waals surface area (Å²) in [6.07, 6.45) is 2.85. The molecule has 1 spiro atoms. The van der Waals surface area contributed by atoms with Gasteiger partial charge in [-0.1, -0.05) is 12.1 Å². The summed E-state index contributed by atoms with van der Waals surface area (Å²) in [7, 11) is 0. The van der Waals surface area contributed by atoms with Crippen molar-refractivity contribution in [2.75, 3.05) is 18.0 Å². The highest BCUT2D eigenvalue weighted by atomic mass is 79.9. The number of anilines is 2. The SMILES string of the molecule is Nc1nc2cc(C3C[C@@]4(CN3)C[C@@H](n3ccc5c(N)ncnc53)[C@H](O)[C@@H]4O)ccc2cc1Br. The Kier molecular flexibility index (Phi) is 4.64. The topological polar surface area (TPSA) is 148 Å². The van der Waals surface area contributed by atoms with Gasteiger partial charge in [0.2, 0.25) is 0 Å². The average Bonchev–Trinajstić information content (AvgIpc) is 3.48. The number of aromatic nitrogens is 4. The van der Waals surface area contributed by atoms with Crippen molar-refractivity contribution in [2.45, 2.75) is 37.1 Å². The number of hydrogen-bond donors (Lipinski definition) is 5. The second-order valence-corrected chi connectivity index (χ2v) is 10.1. The number of nitrogens with zero attached hydrogens (tertiary/aromatic N) is 4. The highest BCUT2D eigenvalue weighted by Crippen LogP contribution is 2.52. The fourth-order valence-corrected chi connectivity index (χ4v) is 5.97. The fourth-order valence-electron chi connectivity index (χ4n) is 5.64. The van der Waals surface area contributed by atoms with E-state index in [1.807, 2.05) is 35.0 Å². The summed E-state index contributed by atoms with van der Waals surface area (Å²) in [5.41, 5.74) is 14.1. The molecular formula is C23H24BrN7O2. The lowest BCUT2D eigenvalue weighted by Gasteiger charge is -2.27. The number of nitrogen functional groups attached to an aromatic ring is 2. The molecule has 1 aliphatic carbocycles. The molecule has 3 aromatic heterocycles. The van der Waals surface area contributed by atoms with Gasteiger partial charge < -0.3 is 31.6 Å². The number of rotatable bonds is 2. The molecule has 4 aromatic rings. The average molecular weight is 510 g/mol. The molecule has 1 aliphatic heterocycles. The van der Waals surface area contributed by atoms with E-state index in [0.29, 0.717) is 36.7 Å². The number of fused-ring (bicyclic) bond motifs is 2. The van der Waals surface area contributed by atoms with Crippen LogP contribution in [0.2, 0.25) is 0 Å². The van der Waals surface area contributed by atoms with Gasteiger partial charge in [-0.2, -0.15) is 0 Å². The van der Waals surface area contributed by atoms with Crippen molar-refractivity contribution in [3.05, 3.63) is 52.9 Å². The number of nitrogens with one attached hydrogen (secondary N) is 1. The Labute approximate surface area is 198 Å². The second kappa shape index (κ2) is 7.36. The number of halogens is 1. The smallest absolute Gasteiger partial charge is 0.145 e. The Balaban J connectivity index is 1.30. The molecule has 2 fully saturated rings. The predicted molar refractivity (Wildman–Crippen MR) is 129 cm³/mol. The molecule has 5 atom stereocenters. The maximum atomic E-state index is 11.2. The van der Waals surface area contributed by atoms with Crippen LogP contribution in [0.15, 0.2) is 47.3 Å². The molecule has 9 nitrogen and oxygen atoms in total. The summed E-state index contributed by atoms with van der Waals surface area (Å²) in [5, 5.41) is 27.5. The van der Waals surface area contributed by atoms with Gasteiger partial charge in [-0.15, -0.1) is 0 Å². The zero-order chi connectivity index (χ0) is 22.9. The minimum absolute atomic E-state index is 0.0426. The third-order valence-corrected chi connectivity index (χ3v) is 8.03. The maximum Gasteiger partial charge on any atom is 0.145 e. The zero-order valence-corrected chi connectivity index (χ0v) is 19.3. The fraction of sp³-hybridized carbons (Fsp3) is 0.348. The number of pyridine rings is 1. The van der Waals surface area contributed by atoms with Crippen LogP contribution >= 0.6 is 15.9 Å². The molecule has 33 heavy (non-hydrogen) atoms. The number of nitrogens with two attached hydrogens (primary N) is 2. The van der Waals surface area contributed by atoms with E-state index in [-0.39, 0.29) is 12.1 Å². The van der Waals surface area contributed by atoms with Gasteiger partial charge in [-0.05, 0) is 52.5 Å². The van der Waals surface area contributed by atoms with Gasteiger partial charge in [0.1, 0.15) is 29.7 Å². The van der Waals surface area contributed by atoms with Gasteiger partial charge in [-0.25, -0.2) is 15.0 Å². The van der Waals surface area contributed by atoms with E-state index in [2.05, 4.69) is 42.3 Å². The third-order valence-electron chi connectivity index (χ3n) is 7.39. The first-order chi connectivity index (χ1) is 15.9. The van der Waals surface area contributed by atoms with Crippen molar-refractivity contribution in [1.29, 1.82) is 0 Å². The minimum Gasteiger partial charge on any atom is -0.390 e. The first-order valence-electron chi connectivity index (χ1n) is 10.9. The first-order valence-corrected chi connectivity index (χ1v) is 11.7. The Hall–Kier alpha value is -2.79. The van der Waals surface area contributed by atoms with E-state index < -0.39 is 17.6 Å². The lowest BCUT2D eigenvalue weighted by Crippen LogP contribution is -2.38. The standard InChI is InChI=1S/C23H24BrN7O2/c24-14-5-11-1-2-12(6-15(11)30-21(14)26)16-7-23(9-27-16)8-17(18(32)19(23)33)31-4-3-13-20(25)28-10-29-22(13)31/h1-6,10,16-19,27,32-33H,7-9H2,(H2,26,30)(H2,25,28,29)/t16?,17-,18+,19+,23+/m1/s1. The number of benzene rings is 1. The van der Waals surface area contributed by atoms with Crippen LogP contribution < -0.4 is 16.8 Å². The van der Waals surface area contributed by atoms with Gasteiger partial charge in [0.25, 0.3) is 0 Å². The quantitative estimate of drug-likeness (QED) is 0.276. The largest absolute Gasteiger partial charge is 0.390 e. The summed E-state index contributed by atoms with van der Waals surface area (Å²) in [4.78, 5) is 12.9. The third kappa shape index (κ3) is 3.12. The molecule has 0 bridgehead atoms. The van der Waals surface area contributed by atoms with Gasteiger partial charge >= 0.3 is 0 Å². The molecule has 10 heteroatoms. The van der Waals surface area contributed by atoms with Crippen molar-refractivity contribution in [3.8, 4) is 0 Å². The van der Waals surface area contributed by atoms with Gasteiger partial charge in [0.05, 0.1) is 27.5 Å². The van der Waals surface area contributed by atoms with Gasteiger partial charge in [-0.3, -0.25) is 0 Å². The highest BCUT2D eigenvalue weighted by molar-refractivity contribution is 9.10. The van der Waals surface area contributed by atoms with Crippen LogP contribution in [0.4, 0.5) is 11.6 Å². The molecule has 1 unspecified atom stereocenters.